The van der Waals surface area contributed by atoms with Crippen LogP contribution < -0.4 is 10.6 Å². The molecular formula is C17H24F3N5O3. The first kappa shape index (κ1) is 20.7. The Bertz CT molecular complexity index is 686. The number of amides is 1. The average molecular weight is 403 g/mol. The average Bonchev–Trinajstić information content (AvgIpc) is 3.00. The molecule has 3 N–H and O–H groups in total. The number of alkyl halides is 3. The summed E-state index contributed by atoms with van der Waals surface area (Å²) < 4.78 is 43.4. The Morgan fingerprint density at radius 1 is 1.32 bits per heavy atom. The molecule has 8 nitrogen and oxygen atoms in total. The van der Waals surface area contributed by atoms with Crippen LogP contribution in [0.4, 0.5) is 19.1 Å². The number of halogens is 3. The number of carbonyl (C=O) groups excluding carboxylic acids is 1. The highest BCUT2D eigenvalue weighted by Gasteiger charge is 2.41. The van der Waals surface area contributed by atoms with E-state index in [2.05, 4.69) is 9.97 Å². The maximum Gasteiger partial charge on any atom is 0.419 e. The lowest BCUT2D eigenvalue weighted by Crippen LogP contribution is -2.55. The Hall–Kier alpha value is -1.98. The zero-order valence-corrected chi connectivity index (χ0v) is 15.5. The van der Waals surface area contributed by atoms with Crippen LogP contribution in [0, 0.1) is 0 Å². The summed E-state index contributed by atoms with van der Waals surface area (Å²) in [6, 6.07) is -0.540. The lowest BCUT2D eigenvalue weighted by molar-refractivity contribution is -0.141. The van der Waals surface area contributed by atoms with Gasteiger partial charge in [-0.05, 0) is 13.3 Å². The Kier molecular flexibility index (Phi) is 6.06. The van der Waals surface area contributed by atoms with Crippen LogP contribution in [0.25, 0.3) is 0 Å². The molecule has 1 aromatic heterocycles. The van der Waals surface area contributed by atoms with Crippen molar-refractivity contribution in [2.45, 2.75) is 50.2 Å². The largest absolute Gasteiger partial charge is 0.419 e. The van der Waals surface area contributed by atoms with E-state index in [1.165, 1.54) is 0 Å². The van der Waals surface area contributed by atoms with E-state index >= 15 is 0 Å². The van der Waals surface area contributed by atoms with Crippen LogP contribution in [0.5, 0.6) is 0 Å². The summed E-state index contributed by atoms with van der Waals surface area (Å²) in [4.78, 5) is 23.3. The second-order valence-corrected chi connectivity index (χ2v) is 7.26. The lowest BCUT2D eigenvalue weighted by Gasteiger charge is -2.40. The topological polar surface area (TPSA) is 105 Å². The van der Waals surface area contributed by atoms with Gasteiger partial charge in [0.1, 0.15) is 6.10 Å². The Balaban J connectivity index is 1.59. The highest BCUT2D eigenvalue weighted by atomic mass is 19.4. The van der Waals surface area contributed by atoms with Crippen molar-refractivity contribution in [1.29, 1.82) is 0 Å². The van der Waals surface area contributed by atoms with Crippen LogP contribution in [-0.2, 0) is 15.7 Å². The molecule has 28 heavy (non-hydrogen) atoms. The second kappa shape index (κ2) is 8.18. The quantitative estimate of drug-likeness (QED) is 0.733. The first-order valence-corrected chi connectivity index (χ1v) is 9.16. The van der Waals surface area contributed by atoms with E-state index in [1.807, 2.05) is 0 Å². The number of nitrogens with two attached hydrogens (primary N) is 1. The van der Waals surface area contributed by atoms with Gasteiger partial charge in [-0.3, -0.25) is 4.79 Å². The molecular weight excluding hydrogens is 379 g/mol. The number of aliphatic hydroxyl groups is 1. The predicted octanol–water partition coefficient (Wildman–Crippen LogP) is 0.400. The number of hydrogen-bond acceptors (Lipinski definition) is 7. The first-order valence-electron chi connectivity index (χ1n) is 9.16. The Labute approximate surface area is 160 Å². The third-order valence-electron chi connectivity index (χ3n) is 4.95. The number of rotatable bonds is 5. The molecule has 0 radical (unpaired) electrons. The number of carbonyl (C=O) groups is 1. The molecule has 2 aliphatic heterocycles. The lowest BCUT2D eigenvalue weighted by atomic mass is 10.0. The van der Waals surface area contributed by atoms with Gasteiger partial charge in [-0.25, -0.2) is 9.97 Å². The number of anilines is 1. The van der Waals surface area contributed by atoms with Crippen molar-refractivity contribution in [3.05, 3.63) is 18.0 Å². The zero-order chi connectivity index (χ0) is 20.5. The van der Waals surface area contributed by atoms with E-state index in [0.717, 1.165) is 12.4 Å². The van der Waals surface area contributed by atoms with Crippen LogP contribution in [0.2, 0.25) is 0 Å². The maximum atomic E-state index is 12.6. The molecule has 11 heteroatoms. The van der Waals surface area contributed by atoms with Crippen LogP contribution in [0.3, 0.4) is 0 Å². The van der Waals surface area contributed by atoms with Gasteiger partial charge >= 0.3 is 6.18 Å². The number of aromatic nitrogens is 2. The Morgan fingerprint density at radius 3 is 2.57 bits per heavy atom. The minimum atomic E-state index is -4.50. The minimum Gasteiger partial charge on any atom is -0.389 e. The number of aliphatic hydroxyl groups excluding tert-OH is 1. The van der Waals surface area contributed by atoms with Crippen molar-refractivity contribution in [1.82, 2.24) is 14.9 Å². The van der Waals surface area contributed by atoms with Gasteiger partial charge in [0, 0.05) is 44.5 Å². The molecule has 0 aliphatic carbocycles. The number of nitrogens with zero attached hydrogens (tertiary/aromatic N) is 4. The molecule has 1 unspecified atom stereocenters. The van der Waals surface area contributed by atoms with Gasteiger partial charge in [0.25, 0.3) is 5.91 Å². The minimum absolute atomic E-state index is 0.122. The van der Waals surface area contributed by atoms with Crippen LogP contribution >= 0.6 is 0 Å². The number of β-amino-alcohol motifs (C(OH)–C–C–N with tert-alkyl or cyclic N) is 1. The third kappa shape index (κ3) is 4.53. The van der Waals surface area contributed by atoms with Gasteiger partial charge in [0.05, 0.1) is 24.3 Å². The maximum absolute atomic E-state index is 12.6. The molecule has 0 spiro atoms. The fourth-order valence-electron chi connectivity index (χ4n) is 3.52. The highest BCUT2D eigenvalue weighted by Crippen LogP contribution is 2.29. The standard InChI is InChI=1S/C17H24F3N5O3/c1-10(21)9-28-14-3-5-25(15(14)27)12-2-4-24(8-13(12)26)16-22-6-11(7-23-16)17(18,19)20/h6-7,10,12-14,26H,2-5,8-9,21H2,1H3/t10?,12-,13-,14+/m0/s1. The van der Waals surface area contributed by atoms with Gasteiger partial charge in [-0.15, -0.1) is 0 Å². The number of hydrogen-bond donors (Lipinski definition) is 2. The molecule has 156 valence electrons. The van der Waals surface area contributed by atoms with Crippen LogP contribution in [0.15, 0.2) is 12.4 Å². The summed E-state index contributed by atoms with van der Waals surface area (Å²) in [7, 11) is 0. The van der Waals surface area contributed by atoms with Gasteiger partial charge in [-0.1, -0.05) is 0 Å². The second-order valence-electron chi connectivity index (χ2n) is 7.26. The van der Waals surface area contributed by atoms with E-state index in [0.29, 0.717) is 25.9 Å². The fourth-order valence-corrected chi connectivity index (χ4v) is 3.52. The van der Waals surface area contributed by atoms with Crippen molar-refractivity contribution in [2.75, 3.05) is 31.1 Å². The van der Waals surface area contributed by atoms with E-state index in [9.17, 15) is 23.1 Å². The number of piperidine rings is 1. The van der Waals surface area contributed by atoms with E-state index in [4.69, 9.17) is 10.5 Å². The molecule has 1 aromatic rings. The summed E-state index contributed by atoms with van der Waals surface area (Å²) in [5.74, 6) is -0.0414. The van der Waals surface area contributed by atoms with Crippen LogP contribution in [-0.4, -0.2) is 76.4 Å². The summed E-state index contributed by atoms with van der Waals surface area (Å²) in [5.41, 5.74) is 4.73. The van der Waals surface area contributed by atoms with Crippen molar-refractivity contribution in [3.63, 3.8) is 0 Å². The van der Waals surface area contributed by atoms with Crippen molar-refractivity contribution in [2.24, 2.45) is 5.73 Å². The van der Waals surface area contributed by atoms with Gasteiger partial charge in [0.2, 0.25) is 5.95 Å². The SMILES string of the molecule is CC(N)CO[C@@H]1CCN([C@H]2CCN(c3ncc(C(F)(F)F)cn3)C[C@@H]2O)C1=O. The molecule has 1 amide bonds. The fraction of sp³-hybridized carbons (Fsp3) is 0.706. The van der Waals surface area contributed by atoms with Gasteiger partial charge in [-0.2, -0.15) is 13.2 Å². The predicted molar refractivity (Wildman–Crippen MR) is 93.4 cm³/mol. The molecule has 0 aromatic carbocycles. The number of likely N-dealkylation sites (tertiary alicyclic amines) is 1. The zero-order valence-electron chi connectivity index (χ0n) is 15.5. The summed E-state index contributed by atoms with van der Waals surface area (Å²) in [5, 5.41) is 10.5. The monoisotopic (exact) mass is 403 g/mol. The number of ether oxygens (including phenoxy) is 1. The molecule has 2 aliphatic rings. The molecule has 3 rings (SSSR count). The normalized spacial score (nSPS) is 27.4. The smallest absolute Gasteiger partial charge is 0.389 e. The molecule has 2 saturated heterocycles. The molecule has 2 fully saturated rings. The highest BCUT2D eigenvalue weighted by molar-refractivity contribution is 5.83. The molecule has 3 heterocycles. The van der Waals surface area contributed by atoms with Crippen LogP contribution in [0.1, 0.15) is 25.3 Å². The summed E-state index contributed by atoms with van der Waals surface area (Å²) in [6.45, 7) is 3.12. The third-order valence-corrected chi connectivity index (χ3v) is 4.95. The molecule has 0 bridgehead atoms. The van der Waals surface area contributed by atoms with Gasteiger partial charge < -0.3 is 25.4 Å². The summed E-state index contributed by atoms with van der Waals surface area (Å²) in [6.07, 6.45) is -3.46. The van der Waals surface area contributed by atoms with E-state index < -0.39 is 23.9 Å². The molecule has 0 saturated carbocycles. The summed E-state index contributed by atoms with van der Waals surface area (Å²) >= 11 is 0. The van der Waals surface area contributed by atoms with Gasteiger partial charge in [0.15, 0.2) is 0 Å². The van der Waals surface area contributed by atoms with Crippen molar-refractivity contribution in [3.8, 4) is 0 Å². The van der Waals surface area contributed by atoms with Crippen molar-refractivity contribution < 1.29 is 27.8 Å². The Morgan fingerprint density at radius 2 is 2.00 bits per heavy atom. The first-order chi connectivity index (χ1) is 13.2. The van der Waals surface area contributed by atoms with Crippen molar-refractivity contribution >= 4 is 11.9 Å². The van der Waals surface area contributed by atoms with E-state index in [1.54, 1.807) is 16.7 Å². The molecule has 4 atom stereocenters. The van der Waals surface area contributed by atoms with E-state index in [-0.39, 0.29) is 37.1 Å².